The summed E-state index contributed by atoms with van der Waals surface area (Å²) < 4.78 is 8.54. The van der Waals surface area contributed by atoms with E-state index in [2.05, 4.69) is 74.0 Å². The number of aromatic nitrogens is 1. The van der Waals surface area contributed by atoms with Gasteiger partial charge in [0.1, 0.15) is 18.7 Å². The monoisotopic (exact) mass is 363 g/mol. The minimum Gasteiger partial charge on any atom is -0.454 e. The second kappa shape index (κ2) is 5.94. The van der Waals surface area contributed by atoms with Gasteiger partial charge in [0, 0.05) is 28.3 Å². The molecule has 0 amide bonds. The normalized spacial score (nSPS) is 11.4. The van der Waals surface area contributed by atoms with Crippen LogP contribution in [-0.2, 0) is 7.05 Å². The van der Waals surface area contributed by atoms with E-state index in [4.69, 9.17) is 4.42 Å². The lowest BCUT2D eigenvalue weighted by atomic mass is 9.95. The maximum atomic E-state index is 9.50. The molecule has 134 valence electrons. The summed E-state index contributed by atoms with van der Waals surface area (Å²) in [7, 11) is 2.09. The molecule has 2 aromatic heterocycles. The van der Waals surface area contributed by atoms with E-state index in [-0.39, 0.29) is 0 Å². The number of nitriles is 1. The van der Waals surface area contributed by atoms with E-state index < -0.39 is 0 Å². The number of furan rings is 1. The van der Waals surface area contributed by atoms with Gasteiger partial charge in [0.05, 0.1) is 11.1 Å². The minimum atomic E-state index is 0.567. The van der Waals surface area contributed by atoms with E-state index in [1.807, 2.05) is 12.1 Å². The summed E-state index contributed by atoms with van der Waals surface area (Å²) in [5, 5.41) is 12.7. The summed E-state index contributed by atoms with van der Waals surface area (Å²) in [5.41, 5.74) is 7.82. The molecule has 0 aliphatic rings. The third kappa shape index (κ3) is 2.18. The Bertz CT molecular complexity index is 1450. The van der Waals surface area contributed by atoms with Gasteiger partial charge in [-0.15, -0.1) is 0 Å². The Morgan fingerprint density at radius 1 is 0.893 bits per heavy atom. The number of fused-ring (bicyclic) bond motifs is 4. The topological polar surface area (TPSA) is 40.8 Å². The van der Waals surface area contributed by atoms with Crippen molar-refractivity contribution in [2.45, 2.75) is 13.8 Å². The Morgan fingerprint density at radius 2 is 1.71 bits per heavy atom. The molecule has 0 aliphatic heterocycles. The van der Waals surface area contributed by atoms with Gasteiger partial charge in [-0.1, -0.05) is 24.3 Å². The molecule has 2 heterocycles. The fourth-order valence-corrected chi connectivity index (χ4v) is 4.15. The lowest BCUT2D eigenvalue weighted by Gasteiger charge is -2.10. The number of para-hydroxylation sites is 2. The van der Waals surface area contributed by atoms with Crippen LogP contribution >= 0.6 is 0 Å². The number of hydrogen-bond acceptors (Lipinski definition) is 2. The molecule has 0 aliphatic carbocycles. The van der Waals surface area contributed by atoms with Crippen LogP contribution < -0.4 is 4.57 Å². The highest BCUT2D eigenvalue weighted by molar-refractivity contribution is 6.11. The van der Waals surface area contributed by atoms with Crippen LogP contribution in [0.25, 0.3) is 44.1 Å². The standard InChI is InChI=1S/C25H19N2O/c1-15-13-20-19-9-6-8-18(14-26)24(19)28-25(20)23(16(15)2)22-12-11-17-7-4-5-10-21(17)27(22)3/h4-13H,1-3H3/q+1. The first kappa shape index (κ1) is 16.5. The Morgan fingerprint density at radius 3 is 2.54 bits per heavy atom. The Hall–Kier alpha value is -3.64. The highest BCUT2D eigenvalue weighted by Crippen LogP contribution is 2.39. The molecule has 0 N–H and O–H groups in total. The van der Waals surface area contributed by atoms with Crippen molar-refractivity contribution in [1.29, 1.82) is 5.26 Å². The molecule has 0 atom stereocenters. The van der Waals surface area contributed by atoms with Gasteiger partial charge in [-0.3, -0.25) is 0 Å². The van der Waals surface area contributed by atoms with Crippen LogP contribution in [0.5, 0.6) is 0 Å². The maximum absolute atomic E-state index is 9.50. The van der Waals surface area contributed by atoms with Gasteiger partial charge in [-0.2, -0.15) is 9.83 Å². The molecule has 0 unspecified atom stereocenters. The van der Waals surface area contributed by atoms with E-state index in [1.54, 1.807) is 6.07 Å². The molecule has 0 saturated heterocycles. The summed E-state index contributed by atoms with van der Waals surface area (Å²) in [6.45, 7) is 4.27. The van der Waals surface area contributed by atoms with Crippen LogP contribution in [0.3, 0.4) is 0 Å². The second-order valence-corrected chi connectivity index (χ2v) is 7.30. The van der Waals surface area contributed by atoms with Crippen LogP contribution in [-0.4, -0.2) is 0 Å². The molecule has 0 saturated carbocycles. The summed E-state index contributed by atoms with van der Waals surface area (Å²) in [6, 6.07) is 22.9. The van der Waals surface area contributed by atoms with Crippen molar-refractivity contribution >= 4 is 32.8 Å². The third-order valence-corrected chi connectivity index (χ3v) is 5.77. The van der Waals surface area contributed by atoms with Crippen molar-refractivity contribution in [2.75, 3.05) is 0 Å². The van der Waals surface area contributed by atoms with Crippen LogP contribution in [0.15, 0.2) is 65.1 Å². The lowest BCUT2D eigenvalue weighted by molar-refractivity contribution is -0.633. The molecule has 0 fully saturated rings. The number of pyridine rings is 1. The van der Waals surface area contributed by atoms with Gasteiger partial charge >= 0.3 is 0 Å². The molecule has 28 heavy (non-hydrogen) atoms. The molecule has 3 nitrogen and oxygen atoms in total. The summed E-state index contributed by atoms with van der Waals surface area (Å²) in [6.07, 6.45) is 0. The van der Waals surface area contributed by atoms with Crippen LogP contribution in [0.4, 0.5) is 0 Å². The van der Waals surface area contributed by atoms with Crippen LogP contribution in [0.2, 0.25) is 0 Å². The predicted molar refractivity (Wildman–Crippen MR) is 112 cm³/mol. The number of aryl methyl sites for hydroxylation is 2. The van der Waals surface area contributed by atoms with E-state index in [9.17, 15) is 5.26 Å². The zero-order chi connectivity index (χ0) is 19.4. The van der Waals surface area contributed by atoms with Crippen molar-refractivity contribution in [3.8, 4) is 17.3 Å². The zero-order valence-electron chi connectivity index (χ0n) is 16.1. The summed E-state index contributed by atoms with van der Waals surface area (Å²) in [5.74, 6) is 0. The fraction of sp³-hybridized carbons (Fsp3) is 0.120. The zero-order valence-corrected chi connectivity index (χ0v) is 16.1. The molecular weight excluding hydrogens is 344 g/mol. The maximum Gasteiger partial charge on any atom is 0.216 e. The average molecular weight is 363 g/mol. The average Bonchev–Trinajstić information content (AvgIpc) is 3.08. The second-order valence-electron chi connectivity index (χ2n) is 7.30. The lowest BCUT2D eigenvalue weighted by Crippen LogP contribution is -2.32. The molecule has 3 aromatic carbocycles. The van der Waals surface area contributed by atoms with Crippen molar-refractivity contribution in [3.05, 3.63) is 77.4 Å². The van der Waals surface area contributed by atoms with Crippen molar-refractivity contribution in [3.63, 3.8) is 0 Å². The van der Waals surface area contributed by atoms with E-state index in [1.165, 1.54) is 22.0 Å². The molecule has 0 radical (unpaired) electrons. The van der Waals surface area contributed by atoms with Gasteiger partial charge in [0.15, 0.2) is 5.58 Å². The van der Waals surface area contributed by atoms with Gasteiger partial charge in [0.25, 0.3) is 0 Å². The van der Waals surface area contributed by atoms with E-state index in [0.717, 1.165) is 27.6 Å². The molecular formula is C25H19N2O+. The Balaban J connectivity index is 1.96. The Labute approximate surface area is 163 Å². The first-order valence-electron chi connectivity index (χ1n) is 9.34. The summed E-state index contributed by atoms with van der Waals surface area (Å²) >= 11 is 0. The van der Waals surface area contributed by atoms with E-state index >= 15 is 0 Å². The number of benzene rings is 3. The number of rotatable bonds is 1. The quantitative estimate of drug-likeness (QED) is 0.357. The van der Waals surface area contributed by atoms with Crippen LogP contribution in [0, 0.1) is 25.2 Å². The first-order chi connectivity index (χ1) is 13.6. The molecule has 5 rings (SSSR count). The third-order valence-electron chi connectivity index (χ3n) is 5.77. The smallest absolute Gasteiger partial charge is 0.216 e. The highest BCUT2D eigenvalue weighted by Gasteiger charge is 2.23. The number of hydrogen-bond donors (Lipinski definition) is 0. The Kier molecular flexibility index (Phi) is 3.50. The van der Waals surface area contributed by atoms with E-state index in [0.29, 0.717) is 11.1 Å². The largest absolute Gasteiger partial charge is 0.454 e. The van der Waals surface area contributed by atoms with Crippen LogP contribution in [0.1, 0.15) is 16.7 Å². The number of nitrogens with zero attached hydrogens (tertiary/aromatic N) is 2. The summed E-state index contributed by atoms with van der Waals surface area (Å²) in [4.78, 5) is 0. The fourth-order valence-electron chi connectivity index (χ4n) is 4.15. The highest BCUT2D eigenvalue weighted by atomic mass is 16.3. The van der Waals surface area contributed by atoms with Gasteiger partial charge in [-0.25, -0.2) is 0 Å². The van der Waals surface area contributed by atoms with Gasteiger partial charge in [0.2, 0.25) is 11.2 Å². The molecule has 0 bridgehead atoms. The molecule has 5 aromatic rings. The van der Waals surface area contributed by atoms with Gasteiger partial charge < -0.3 is 4.42 Å². The van der Waals surface area contributed by atoms with Crippen molar-refractivity contribution < 1.29 is 8.98 Å². The minimum absolute atomic E-state index is 0.567. The molecule has 3 heteroatoms. The van der Waals surface area contributed by atoms with Crippen molar-refractivity contribution in [2.24, 2.45) is 7.05 Å². The molecule has 0 spiro atoms. The first-order valence-corrected chi connectivity index (χ1v) is 9.34. The van der Waals surface area contributed by atoms with Crippen molar-refractivity contribution in [1.82, 2.24) is 0 Å². The predicted octanol–water partition coefficient (Wildman–Crippen LogP) is 5.72. The SMILES string of the molecule is Cc1cc2c(oc3c(C#N)cccc32)c(-c2ccc3ccccc3[n+]2C)c1C. The van der Waals surface area contributed by atoms with Gasteiger partial charge in [-0.05, 0) is 49.2 Å².